The lowest BCUT2D eigenvalue weighted by molar-refractivity contribution is -0.131. The quantitative estimate of drug-likeness (QED) is 0.625. The minimum Gasteiger partial charge on any atom is -0.362 e. The number of thiocarbonyl (C=S) groups is 1. The topological polar surface area (TPSA) is 65.2 Å². The molecule has 1 fully saturated rings. The van der Waals surface area contributed by atoms with Crippen molar-refractivity contribution in [3.05, 3.63) is 28.9 Å². The summed E-state index contributed by atoms with van der Waals surface area (Å²) < 4.78 is 0.322. The van der Waals surface area contributed by atoms with Crippen LogP contribution in [0.1, 0.15) is 12.6 Å². The van der Waals surface area contributed by atoms with E-state index >= 15 is 0 Å². The van der Waals surface area contributed by atoms with Gasteiger partial charge in [-0.2, -0.15) is 5.01 Å². The minimum atomic E-state index is -0.331. The van der Waals surface area contributed by atoms with Gasteiger partial charge in [-0.3, -0.25) is 15.0 Å². The van der Waals surface area contributed by atoms with E-state index in [1.165, 1.54) is 6.92 Å². The highest BCUT2D eigenvalue weighted by Gasteiger charge is 2.32. The van der Waals surface area contributed by atoms with Crippen LogP contribution < -0.4 is 5.43 Å². The fraction of sp³-hybridized carbons (Fsp3) is 0.100. The highest BCUT2D eigenvalue weighted by atomic mass is 32.2. The fourth-order valence-corrected chi connectivity index (χ4v) is 2.47. The van der Waals surface area contributed by atoms with E-state index in [4.69, 9.17) is 12.2 Å². The SMILES string of the molecule is CC(=O)NN1C(=O)/C(=C\c2ccc[nH]2)SC1=S. The first-order chi connectivity index (χ1) is 8.08. The molecule has 0 bridgehead atoms. The van der Waals surface area contributed by atoms with Gasteiger partial charge in [0.1, 0.15) is 0 Å². The number of carbonyl (C=O) groups excluding carboxylic acids is 2. The van der Waals surface area contributed by atoms with Crippen LogP contribution in [0.25, 0.3) is 6.08 Å². The summed E-state index contributed by atoms with van der Waals surface area (Å²) in [6.07, 6.45) is 3.46. The summed E-state index contributed by atoms with van der Waals surface area (Å²) in [7, 11) is 0. The molecule has 1 saturated heterocycles. The summed E-state index contributed by atoms with van der Waals surface area (Å²) in [5.74, 6) is -0.646. The van der Waals surface area contributed by atoms with Crippen LogP contribution in [0.5, 0.6) is 0 Å². The molecule has 7 heteroatoms. The molecule has 2 amide bonds. The van der Waals surface area contributed by atoms with Gasteiger partial charge in [-0.1, -0.05) is 11.8 Å². The summed E-state index contributed by atoms with van der Waals surface area (Å²) in [6, 6.07) is 3.67. The third-order valence-electron chi connectivity index (χ3n) is 1.97. The second kappa shape index (κ2) is 4.72. The van der Waals surface area contributed by atoms with Crippen molar-refractivity contribution in [1.29, 1.82) is 0 Å². The molecular weight excluding hydrogens is 258 g/mol. The number of thioether (sulfide) groups is 1. The van der Waals surface area contributed by atoms with E-state index in [0.717, 1.165) is 22.5 Å². The lowest BCUT2D eigenvalue weighted by Gasteiger charge is -2.13. The average molecular weight is 267 g/mol. The van der Waals surface area contributed by atoms with Gasteiger partial charge in [-0.15, -0.1) is 0 Å². The molecule has 1 aliphatic rings. The smallest absolute Gasteiger partial charge is 0.285 e. The van der Waals surface area contributed by atoms with Gasteiger partial charge in [0.25, 0.3) is 5.91 Å². The van der Waals surface area contributed by atoms with E-state index in [0.29, 0.717) is 9.23 Å². The summed E-state index contributed by atoms with van der Waals surface area (Å²) in [4.78, 5) is 26.3. The van der Waals surface area contributed by atoms with Gasteiger partial charge >= 0.3 is 0 Å². The summed E-state index contributed by atoms with van der Waals surface area (Å²) in [6.45, 7) is 1.33. The van der Waals surface area contributed by atoms with Gasteiger partial charge in [0.05, 0.1) is 4.91 Å². The van der Waals surface area contributed by atoms with Crippen molar-refractivity contribution in [2.24, 2.45) is 0 Å². The van der Waals surface area contributed by atoms with Crippen LogP contribution in [0, 0.1) is 0 Å². The third kappa shape index (κ3) is 2.56. The average Bonchev–Trinajstić information content (AvgIpc) is 2.83. The Morgan fingerprint density at radius 1 is 1.65 bits per heavy atom. The van der Waals surface area contributed by atoms with Crippen molar-refractivity contribution in [3.8, 4) is 0 Å². The lowest BCUT2D eigenvalue weighted by atomic mass is 10.3. The van der Waals surface area contributed by atoms with Crippen LogP contribution in [-0.4, -0.2) is 26.1 Å². The minimum absolute atomic E-state index is 0.315. The van der Waals surface area contributed by atoms with Crippen LogP contribution in [0.15, 0.2) is 23.2 Å². The Morgan fingerprint density at radius 3 is 3.00 bits per heavy atom. The van der Waals surface area contributed by atoms with Gasteiger partial charge in [-0.25, -0.2) is 0 Å². The Bertz CT molecular complexity index is 508. The molecule has 0 aromatic carbocycles. The van der Waals surface area contributed by atoms with E-state index in [1.54, 1.807) is 12.3 Å². The first kappa shape index (κ1) is 11.9. The summed E-state index contributed by atoms with van der Waals surface area (Å²) >= 11 is 6.17. The van der Waals surface area contributed by atoms with E-state index in [2.05, 4.69) is 10.4 Å². The Balaban J connectivity index is 2.21. The Hall–Kier alpha value is -1.60. The fourth-order valence-electron chi connectivity index (χ4n) is 1.30. The number of H-pyrrole nitrogens is 1. The maximum absolute atomic E-state index is 11.9. The van der Waals surface area contributed by atoms with Crippen LogP contribution in [0.4, 0.5) is 0 Å². The van der Waals surface area contributed by atoms with Crippen molar-refractivity contribution in [2.45, 2.75) is 6.92 Å². The highest BCUT2D eigenvalue weighted by molar-refractivity contribution is 8.26. The predicted octanol–water partition coefficient (Wildman–Crippen LogP) is 1.27. The van der Waals surface area contributed by atoms with Crippen molar-refractivity contribution in [2.75, 3.05) is 0 Å². The van der Waals surface area contributed by atoms with E-state index < -0.39 is 0 Å². The van der Waals surface area contributed by atoms with Crippen LogP contribution in [0.3, 0.4) is 0 Å². The largest absolute Gasteiger partial charge is 0.362 e. The monoisotopic (exact) mass is 267 g/mol. The number of nitrogens with zero attached hydrogens (tertiary/aromatic N) is 1. The van der Waals surface area contributed by atoms with Gasteiger partial charge in [0.15, 0.2) is 4.32 Å². The Kier molecular flexibility index (Phi) is 3.30. The third-order valence-corrected chi connectivity index (χ3v) is 3.27. The molecule has 0 saturated carbocycles. The number of hydrazine groups is 1. The number of amides is 2. The summed E-state index contributed by atoms with van der Waals surface area (Å²) in [5.41, 5.74) is 3.20. The zero-order valence-electron chi connectivity index (χ0n) is 8.89. The molecule has 5 nitrogen and oxygen atoms in total. The van der Waals surface area contributed by atoms with E-state index in [1.807, 2.05) is 12.1 Å². The highest BCUT2D eigenvalue weighted by Crippen LogP contribution is 2.30. The molecule has 0 aliphatic carbocycles. The first-order valence-corrected chi connectivity index (χ1v) is 5.99. The Labute approximate surface area is 107 Å². The molecule has 1 aliphatic heterocycles. The lowest BCUT2D eigenvalue weighted by Crippen LogP contribution is -2.43. The maximum Gasteiger partial charge on any atom is 0.285 e. The van der Waals surface area contributed by atoms with Gasteiger partial charge in [0, 0.05) is 18.8 Å². The second-order valence-electron chi connectivity index (χ2n) is 3.31. The molecule has 0 spiro atoms. The maximum atomic E-state index is 11.9. The van der Waals surface area contributed by atoms with Gasteiger partial charge < -0.3 is 4.98 Å². The molecular formula is C10H9N3O2S2. The number of nitrogens with one attached hydrogen (secondary N) is 2. The van der Waals surface area contributed by atoms with Crippen LogP contribution in [0.2, 0.25) is 0 Å². The molecule has 88 valence electrons. The molecule has 0 radical (unpaired) electrons. The van der Waals surface area contributed by atoms with Crippen molar-refractivity contribution >= 4 is 46.2 Å². The standard InChI is InChI=1S/C10H9N3O2S2/c1-6(14)12-13-9(15)8(17-10(13)16)5-7-3-2-4-11-7/h2-5,11H,1H3,(H,12,14)/b8-5+. The van der Waals surface area contributed by atoms with Crippen LogP contribution >= 0.6 is 24.0 Å². The number of aromatic amines is 1. The number of carbonyl (C=O) groups is 2. The summed E-state index contributed by atoms with van der Waals surface area (Å²) in [5, 5.41) is 1.08. The molecule has 2 N–H and O–H groups in total. The molecule has 17 heavy (non-hydrogen) atoms. The molecule has 1 aromatic rings. The Morgan fingerprint density at radius 2 is 2.41 bits per heavy atom. The van der Waals surface area contributed by atoms with Crippen LogP contribution in [-0.2, 0) is 9.59 Å². The molecule has 0 unspecified atom stereocenters. The van der Waals surface area contributed by atoms with Crippen molar-refractivity contribution in [1.82, 2.24) is 15.4 Å². The zero-order chi connectivity index (χ0) is 12.4. The van der Waals surface area contributed by atoms with E-state index in [9.17, 15) is 9.59 Å². The number of aromatic nitrogens is 1. The van der Waals surface area contributed by atoms with E-state index in [-0.39, 0.29) is 11.8 Å². The second-order valence-corrected chi connectivity index (χ2v) is 4.99. The van der Waals surface area contributed by atoms with Crippen molar-refractivity contribution in [3.63, 3.8) is 0 Å². The van der Waals surface area contributed by atoms with Crippen molar-refractivity contribution < 1.29 is 9.59 Å². The predicted molar refractivity (Wildman–Crippen MR) is 69.6 cm³/mol. The van der Waals surface area contributed by atoms with Gasteiger partial charge in [-0.05, 0) is 30.4 Å². The molecule has 2 rings (SSSR count). The number of rotatable bonds is 2. The first-order valence-electron chi connectivity index (χ1n) is 4.76. The molecule has 0 atom stereocenters. The number of hydrogen-bond donors (Lipinski definition) is 2. The molecule has 1 aromatic heterocycles. The van der Waals surface area contributed by atoms with Gasteiger partial charge in [0.2, 0.25) is 5.91 Å². The normalized spacial score (nSPS) is 17.9. The number of hydrogen-bond acceptors (Lipinski definition) is 4. The molecule has 2 heterocycles. The zero-order valence-corrected chi connectivity index (χ0v) is 10.5.